The summed E-state index contributed by atoms with van der Waals surface area (Å²) < 4.78 is 0. The number of anilines is 2. The molecule has 0 unspecified atom stereocenters. The van der Waals surface area contributed by atoms with Crippen molar-refractivity contribution < 1.29 is 9.59 Å². The van der Waals surface area contributed by atoms with Gasteiger partial charge in [0, 0.05) is 35.3 Å². The van der Waals surface area contributed by atoms with Gasteiger partial charge in [-0.1, -0.05) is 19.1 Å². The molecule has 0 aliphatic carbocycles. The van der Waals surface area contributed by atoms with Crippen molar-refractivity contribution >= 4 is 34.0 Å². The molecule has 0 atom stereocenters. The zero-order chi connectivity index (χ0) is 19.7. The van der Waals surface area contributed by atoms with Crippen LogP contribution in [0.4, 0.5) is 10.8 Å². The fourth-order valence-electron chi connectivity index (χ4n) is 3.31. The molecule has 0 bridgehead atoms. The Morgan fingerprint density at radius 2 is 2.07 bits per heavy atom. The highest BCUT2D eigenvalue weighted by Crippen LogP contribution is 2.33. The molecule has 2 aromatic heterocycles. The summed E-state index contributed by atoms with van der Waals surface area (Å²) in [4.78, 5) is 35.0. The van der Waals surface area contributed by atoms with E-state index in [9.17, 15) is 9.59 Å². The summed E-state index contributed by atoms with van der Waals surface area (Å²) in [6.45, 7) is 4.46. The monoisotopic (exact) mass is 392 g/mol. The van der Waals surface area contributed by atoms with Gasteiger partial charge in [-0.15, -0.1) is 11.3 Å². The molecular weight excluding hydrogens is 372 g/mol. The number of fused-ring (bicyclic) bond motifs is 1. The Morgan fingerprint density at radius 1 is 1.21 bits per heavy atom. The van der Waals surface area contributed by atoms with Crippen LogP contribution in [-0.4, -0.2) is 28.3 Å². The van der Waals surface area contributed by atoms with Crippen LogP contribution < -0.4 is 10.2 Å². The van der Waals surface area contributed by atoms with E-state index < -0.39 is 0 Å². The number of hydrogen-bond acceptors (Lipinski definition) is 5. The molecule has 3 heterocycles. The largest absolute Gasteiger partial charge is 0.312 e. The van der Waals surface area contributed by atoms with Crippen LogP contribution in [0.2, 0.25) is 0 Å². The lowest BCUT2D eigenvalue weighted by molar-refractivity contribution is -0.118. The van der Waals surface area contributed by atoms with Gasteiger partial charge in [0.05, 0.1) is 5.69 Å². The highest BCUT2D eigenvalue weighted by atomic mass is 32.1. The van der Waals surface area contributed by atoms with Crippen LogP contribution in [0, 0.1) is 6.92 Å². The average Bonchev–Trinajstić information content (AvgIpc) is 3.33. The molecule has 0 radical (unpaired) electrons. The first-order valence-electron chi connectivity index (χ1n) is 9.19. The van der Waals surface area contributed by atoms with Gasteiger partial charge in [0.1, 0.15) is 5.69 Å². The van der Waals surface area contributed by atoms with Crippen molar-refractivity contribution in [2.24, 2.45) is 0 Å². The van der Waals surface area contributed by atoms with E-state index in [1.807, 2.05) is 48.4 Å². The van der Waals surface area contributed by atoms with Crippen molar-refractivity contribution in [1.82, 2.24) is 9.97 Å². The van der Waals surface area contributed by atoms with E-state index in [0.29, 0.717) is 17.2 Å². The average molecular weight is 392 g/mol. The van der Waals surface area contributed by atoms with E-state index in [2.05, 4.69) is 21.4 Å². The van der Waals surface area contributed by atoms with Crippen molar-refractivity contribution in [3.8, 4) is 11.3 Å². The Labute approximate surface area is 167 Å². The van der Waals surface area contributed by atoms with Crippen LogP contribution in [0.25, 0.3) is 11.3 Å². The van der Waals surface area contributed by atoms with Gasteiger partial charge in [0.25, 0.3) is 5.91 Å². The van der Waals surface area contributed by atoms with Crippen LogP contribution in [0.1, 0.15) is 35.1 Å². The zero-order valence-electron chi connectivity index (χ0n) is 15.7. The Bertz CT molecular complexity index is 1060. The fraction of sp³-hybridized carbons (Fsp3) is 0.238. The topological polar surface area (TPSA) is 75.2 Å². The number of nitrogens with zero attached hydrogens (tertiary/aromatic N) is 3. The third kappa shape index (κ3) is 3.53. The maximum absolute atomic E-state index is 12.3. The molecule has 7 heteroatoms. The number of carbonyl (C=O) groups is 2. The number of benzene rings is 1. The number of carbonyl (C=O) groups excluding carboxylic acids is 2. The third-order valence-corrected chi connectivity index (χ3v) is 5.48. The smallest absolute Gasteiger partial charge is 0.276 e. The Kier molecular flexibility index (Phi) is 4.92. The first-order chi connectivity index (χ1) is 13.5. The second-order valence-corrected chi connectivity index (χ2v) is 7.51. The van der Waals surface area contributed by atoms with Crippen LogP contribution in [0.5, 0.6) is 0 Å². The van der Waals surface area contributed by atoms with Crippen LogP contribution in [0.3, 0.4) is 0 Å². The Hall–Kier alpha value is -3.06. The van der Waals surface area contributed by atoms with Crippen LogP contribution in [0.15, 0.2) is 41.8 Å². The lowest BCUT2D eigenvalue weighted by atomic mass is 10.1. The van der Waals surface area contributed by atoms with Gasteiger partial charge in [-0.05, 0) is 43.2 Å². The summed E-state index contributed by atoms with van der Waals surface area (Å²) in [5, 5.41) is 5.27. The maximum Gasteiger partial charge on any atom is 0.276 e. The number of aryl methyl sites for hydroxylation is 1. The minimum absolute atomic E-state index is 0.148. The van der Waals surface area contributed by atoms with Crippen molar-refractivity contribution in [2.45, 2.75) is 26.7 Å². The standard InChI is InChI=1S/C21H20N4O2S/c1-3-19(26)25-10-9-15-11-14(7-8-18(15)25)17-12-28-21(23-17)24-20(27)16-6-4-5-13(2)22-16/h4-8,11-12H,3,9-10H2,1-2H3,(H,23,24,27). The number of rotatable bonds is 4. The Morgan fingerprint density at radius 3 is 2.86 bits per heavy atom. The second-order valence-electron chi connectivity index (χ2n) is 6.65. The molecule has 4 rings (SSSR count). The molecule has 0 saturated heterocycles. The number of pyridine rings is 1. The highest BCUT2D eigenvalue weighted by molar-refractivity contribution is 7.14. The molecule has 1 N–H and O–H groups in total. The Balaban J connectivity index is 1.52. The molecule has 28 heavy (non-hydrogen) atoms. The number of nitrogens with one attached hydrogen (secondary N) is 1. The normalized spacial score (nSPS) is 12.7. The fourth-order valence-corrected chi connectivity index (χ4v) is 4.02. The second kappa shape index (κ2) is 7.52. The first-order valence-corrected chi connectivity index (χ1v) is 10.1. The van der Waals surface area contributed by atoms with E-state index in [0.717, 1.165) is 41.2 Å². The summed E-state index contributed by atoms with van der Waals surface area (Å²) in [6, 6.07) is 11.4. The van der Waals surface area contributed by atoms with Crippen LogP contribution >= 0.6 is 11.3 Å². The highest BCUT2D eigenvalue weighted by Gasteiger charge is 2.24. The summed E-state index contributed by atoms with van der Waals surface area (Å²) >= 11 is 1.38. The third-order valence-electron chi connectivity index (χ3n) is 4.72. The summed E-state index contributed by atoms with van der Waals surface area (Å²) in [5.74, 6) is -0.123. The van der Waals surface area contributed by atoms with Gasteiger partial charge >= 0.3 is 0 Å². The molecule has 142 valence electrons. The van der Waals surface area contributed by atoms with E-state index in [1.165, 1.54) is 11.3 Å². The maximum atomic E-state index is 12.3. The van der Waals surface area contributed by atoms with E-state index in [1.54, 1.807) is 6.07 Å². The lowest BCUT2D eigenvalue weighted by Crippen LogP contribution is -2.27. The summed E-state index contributed by atoms with van der Waals surface area (Å²) in [5.41, 5.74) is 5.10. The van der Waals surface area contributed by atoms with Crippen molar-refractivity contribution in [3.05, 3.63) is 58.7 Å². The zero-order valence-corrected chi connectivity index (χ0v) is 16.5. The minimum atomic E-state index is -0.271. The predicted octanol–water partition coefficient (Wildman–Crippen LogP) is 4.06. The summed E-state index contributed by atoms with van der Waals surface area (Å²) in [7, 11) is 0. The molecular formula is C21H20N4O2S. The van der Waals surface area contributed by atoms with E-state index in [4.69, 9.17) is 0 Å². The predicted molar refractivity (Wildman–Crippen MR) is 111 cm³/mol. The number of amides is 2. The van der Waals surface area contributed by atoms with Crippen molar-refractivity contribution in [1.29, 1.82) is 0 Å². The quantitative estimate of drug-likeness (QED) is 0.726. The van der Waals surface area contributed by atoms with Gasteiger partial charge < -0.3 is 4.90 Å². The molecule has 0 spiro atoms. The summed E-state index contributed by atoms with van der Waals surface area (Å²) in [6.07, 6.45) is 1.35. The molecule has 3 aromatic rings. The SMILES string of the molecule is CCC(=O)N1CCc2cc(-c3csc(NC(=O)c4cccc(C)n4)n3)ccc21. The first kappa shape index (κ1) is 18.3. The molecule has 6 nitrogen and oxygen atoms in total. The minimum Gasteiger partial charge on any atom is -0.312 e. The van der Waals surface area contributed by atoms with Gasteiger partial charge in [-0.3, -0.25) is 14.9 Å². The molecule has 1 aliphatic rings. The molecule has 0 saturated carbocycles. The molecule has 1 aliphatic heterocycles. The molecule has 1 aromatic carbocycles. The lowest BCUT2D eigenvalue weighted by Gasteiger charge is -2.16. The number of hydrogen-bond donors (Lipinski definition) is 1. The van der Waals surface area contributed by atoms with Gasteiger partial charge in [-0.25, -0.2) is 9.97 Å². The van der Waals surface area contributed by atoms with Gasteiger partial charge in [-0.2, -0.15) is 0 Å². The van der Waals surface area contributed by atoms with Crippen LogP contribution in [-0.2, 0) is 11.2 Å². The van der Waals surface area contributed by atoms with E-state index in [-0.39, 0.29) is 11.8 Å². The number of aromatic nitrogens is 2. The molecule has 0 fully saturated rings. The van der Waals surface area contributed by atoms with Gasteiger partial charge in [0.15, 0.2) is 5.13 Å². The van der Waals surface area contributed by atoms with Crippen molar-refractivity contribution in [3.63, 3.8) is 0 Å². The number of thiazole rings is 1. The molecule has 2 amide bonds. The van der Waals surface area contributed by atoms with E-state index >= 15 is 0 Å². The van der Waals surface area contributed by atoms with Crippen molar-refractivity contribution in [2.75, 3.05) is 16.8 Å². The van der Waals surface area contributed by atoms with Gasteiger partial charge in [0.2, 0.25) is 5.91 Å².